The molecule has 4 nitrogen and oxygen atoms in total. The molecule has 0 spiro atoms. The summed E-state index contributed by atoms with van der Waals surface area (Å²) in [5.74, 6) is -1.88. The molecule has 1 N–H and O–H groups in total. The monoisotopic (exact) mass is 443 g/mol. The number of benzene rings is 1. The van der Waals surface area contributed by atoms with E-state index in [1.165, 1.54) is 13.0 Å². The molecular formula is C16H21BrF3NO3S. The van der Waals surface area contributed by atoms with Crippen LogP contribution in [-0.2, 0) is 26.1 Å². The molecule has 2 atom stereocenters. The first-order valence-corrected chi connectivity index (χ1v) is 9.47. The Hall–Kier alpha value is -0.930. The summed E-state index contributed by atoms with van der Waals surface area (Å²) in [6.07, 6.45) is -4.08. The van der Waals surface area contributed by atoms with Crippen molar-refractivity contribution in [1.82, 2.24) is 4.72 Å². The van der Waals surface area contributed by atoms with Crippen LogP contribution in [0.5, 0.6) is 0 Å². The standard InChI is InChI=1S/C16H21BrF3NO3S/c1-5-24-13(22)9-16(14(19)20,21-25(23)15(2,3)4)11-8-10(17)6-7-12(11)18/h6-8,14,21H,5,9H2,1-4H3. The van der Waals surface area contributed by atoms with Crippen molar-refractivity contribution in [2.75, 3.05) is 6.61 Å². The highest BCUT2D eigenvalue weighted by Crippen LogP contribution is 2.37. The van der Waals surface area contributed by atoms with Gasteiger partial charge >= 0.3 is 5.97 Å². The summed E-state index contributed by atoms with van der Waals surface area (Å²) in [6.45, 7) is 6.25. The molecule has 25 heavy (non-hydrogen) atoms. The predicted molar refractivity (Wildman–Crippen MR) is 94.1 cm³/mol. The second-order valence-corrected chi connectivity index (χ2v) is 9.24. The average Bonchev–Trinajstić information content (AvgIpc) is 2.47. The molecule has 0 aliphatic heterocycles. The van der Waals surface area contributed by atoms with Gasteiger partial charge in [-0.2, -0.15) is 0 Å². The number of esters is 1. The number of nitrogens with one attached hydrogen (secondary N) is 1. The molecule has 0 aromatic heterocycles. The average molecular weight is 444 g/mol. The molecule has 142 valence electrons. The molecule has 0 fully saturated rings. The van der Waals surface area contributed by atoms with Crippen molar-refractivity contribution in [2.45, 2.75) is 50.8 Å². The minimum absolute atomic E-state index is 0.0124. The first-order valence-electron chi connectivity index (χ1n) is 7.53. The molecule has 0 saturated heterocycles. The van der Waals surface area contributed by atoms with Gasteiger partial charge in [0.25, 0.3) is 6.43 Å². The Morgan fingerprint density at radius 2 is 1.96 bits per heavy atom. The predicted octanol–water partition coefficient (Wildman–Crippen LogP) is 4.05. The lowest BCUT2D eigenvalue weighted by Crippen LogP contribution is -2.54. The van der Waals surface area contributed by atoms with E-state index in [2.05, 4.69) is 20.7 Å². The third-order valence-corrected chi connectivity index (χ3v) is 5.50. The molecule has 0 amide bonds. The molecule has 9 heteroatoms. The van der Waals surface area contributed by atoms with Gasteiger partial charge in [0.15, 0.2) is 0 Å². The lowest BCUT2D eigenvalue weighted by atomic mass is 9.87. The molecule has 0 heterocycles. The van der Waals surface area contributed by atoms with Crippen LogP contribution in [0.15, 0.2) is 22.7 Å². The maximum atomic E-state index is 14.4. The van der Waals surface area contributed by atoms with E-state index < -0.39 is 51.5 Å². The number of carbonyl (C=O) groups excluding carboxylic acids is 1. The Balaban J connectivity index is 3.52. The van der Waals surface area contributed by atoms with E-state index in [0.29, 0.717) is 4.47 Å². The minimum Gasteiger partial charge on any atom is -0.466 e. The summed E-state index contributed by atoms with van der Waals surface area (Å²) < 4.78 is 61.6. The molecule has 0 radical (unpaired) electrons. The topological polar surface area (TPSA) is 55.4 Å². The van der Waals surface area contributed by atoms with Crippen molar-refractivity contribution in [2.24, 2.45) is 0 Å². The van der Waals surface area contributed by atoms with Gasteiger partial charge in [-0.25, -0.2) is 22.1 Å². The van der Waals surface area contributed by atoms with Gasteiger partial charge in [0.05, 0.1) is 28.8 Å². The van der Waals surface area contributed by atoms with Crippen LogP contribution >= 0.6 is 15.9 Å². The molecule has 0 aliphatic carbocycles. The van der Waals surface area contributed by atoms with Crippen molar-refractivity contribution < 1.29 is 26.9 Å². The highest BCUT2D eigenvalue weighted by Gasteiger charge is 2.48. The van der Waals surface area contributed by atoms with Crippen LogP contribution in [0.4, 0.5) is 13.2 Å². The van der Waals surface area contributed by atoms with Crippen molar-refractivity contribution in [3.63, 3.8) is 0 Å². The maximum absolute atomic E-state index is 14.4. The zero-order valence-corrected chi connectivity index (χ0v) is 16.8. The Morgan fingerprint density at radius 3 is 2.44 bits per heavy atom. The highest BCUT2D eigenvalue weighted by atomic mass is 79.9. The van der Waals surface area contributed by atoms with Crippen LogP contribution in [0.2, 0.25) is 0 Å². The SMILES string of the molecule is CCOC(=O)CC(NS(=O)C(C)(C)C)(c1cc(Br)ccc1F)C(F)F. The van der Waals surface area contributed by atoms with Gasteiger partial charge in [-0.1, -0.05) is 15.9 Å². The van der Waals surface area contributed by atoms with E-state index in [1.807, 2.05) is 0 Å². The van der Waals surface area contributed by atoms with E-state index in [0.717, 1.165) is 12.1 Å². The molecule has 1 aromatic rings. The number of hydrogen-bond donors (Lipinski definition) is 1. The van der Waals surface area contributed by atoms with Crippen molar-refractivity contribution >= 4 is 32.9 Å². The smallest absolute Gasteiger partial charge is 0.308 e. The van der Waals surface area contributed by atoms with E-state index in [1.54, 1.807) is 20.8 Å². The van der Waals surface area contributed by atoms with Gasteiger partial charge in [-0.3, -0.25) is 4.79 Å². The number of ether oxygens (including phenoxy) is 1. The number of carbonyl (C=O) groups is 1. The molecule has 2 unspecified atom stereocenters. The molecular weight excluding hydrogens is 423 g/mol. The lowest BCUT2D eigenvalue weighted by Gasteiger charge is -2.35. The van der Waals surface area contributed by atoms with Crippen LogP contribution in [0.25, 0.3) is 0 Å². The molecule has 0 saturated carbocycles. The lowest BCUT2D eigenvalue weighted by molar-refractivity contribution is -0.147. The second kappa shape index (κ2) is 8.64. The normalized spacial score (nSPS) is 15.7. The van der Waals surface area contributed by atoms with E-state index in [9.17, 15) is 22.2 Å². The fraction of sp³-hybridized carbons (Fsp3) is 0.562. The summed E-state index contributed by atoms with van der Waals surface area (Å²) in [6, 6.07) is 3.50. The number of halogens is 4. The van der Waals surface area contributed by atoms with Gasteiger partial charge in [-0.15, -0.1) is 0 Å². The van der Waals surface area contributed by atoms with Crippen LogP contribution < -0.4 is 4.72 Å². The van der Waals surface area contributed by atoms with Gasteiger partial charge in [-0.05, 0) is 45.9 Å². The van der Waals surface area contributed by atoms with Crippen LogP contribution in [0.3, 0.4) is 0 Å². The van der Waals surface area contributed by atoms with Gasteiger partial charge in [0, 0.05) is 10.0 Å². The fourth-order valence-corrected chi connectivity index (χ4v) is 3.29. The molecule has 0 aliphatic rings. The van der Waals surface area contributed by atoms with E-state index in [-0.39, 0.29) is 6.61 Å². The zero-order valence-electron chi connectivity index (χ0n) is 14.4. The van der Waals surface area contributed by atoms with Gasteiger partial charge in [0.2, 0.25) is 0 Å². The highest BCUT2D eigenvalue weighted by molar-refractivity contribution is 9.10. The first-order chi connectivity index (χ1) is 11.4. The van der Waals surface area contributed by atoms with Gasteiger partial charge < -0.3 is 4.74 Å². The van der Waals surface area contributed by atoms with E-state index >= 15 is 0 Å². The third kappa shape index (κ3) is 5.52. The van der Waals surface area contributed by atoms with Crippen LogP contribution in [0, 0.1) is 5.82 Å². The quantitative estimate of drug-likeness (QED) is 0.646. The first kappa shape index (κ1) is 22.1. The molecule has 1 rings (SSSR count). The zero-order chi connectivity index (χ0) is 19.4. The maximum Gasteiger partial charge on any atom is 0.308 e. The fourth-order valence-electron chi connectivity index (χ4n) is 2.02. The van der Waals surface area contributed by atoms with Crippen molar-refractivity contribution in [1.29, 1.82) is 0 Å². The minimum atomic E-state index is -3.22. The summed E-state index contributed by atoms with van der Waals surface area (Å²) in [7, 11) is -1.98. The Labute approximate surface area is 156 Å². The summed E-state index contributed by atoms with van der Waals surface area (Å²) in [4.78, 5) is 11.9. The number of alkyl halides is 2. The second-order valence-electron chi connectivity index (χ2n) is 6.36. The largest absolute Gasteiger partial charge is 0.466 e. The summed E-state index contributed by atoms with van der Waals surface area (Å²) in [5.41, 5.74) is -2.94. The van der Waals surface area contributed by atoms with Crippen molar-refractivity contribution in [3.8, 4) is 0 Å². The summed E-state index contributed by atoms with van der Waals surface area (Å²) in [5, 5.41) is 0. The van der Waals surface area contributed by atoms with Gasteiger partial charge in [0.1, 0.15) is 11.4 Å². The molecule has 0 bridgehead atoms. The van der Waals surface area contributed by atoms with Crippen LogP contribution in [-0.4, -0.2) is 28.0 Å². The van der Waals surface area contributed by atoms with Crippen molar-refractivity contribution in [3.05, 3.63) is 34.1 Å². The van der Waals surface area contributed by atoms with Crippen LogP contribution in [0.1, 0.15) is 39.7 Å². The third-order valence-electron chi connectivity index (χ3n) is 3.34. The number of rotatable bonds is 7. The Kier molecular flexibility index (Phi) is 7.64. The number of hydrogen-bond acceptors (Lipinski definition) is 3. The molecule has 1 aromatic carbocycles. The Morgan fingerprint density at radius 1 is 1.36 bits per heavy atom. The Bertz CT molecular complexity index is 652. The van der Waals surface area contributed by atoms with E-state index in [4.69, 9.17) is 4.74 Å². The summed E-state index contributed by atoms with van der Waals surface area (Å²) >= 11 is 3.11.